The number of nitrogens with zero attached hydrogens (tertiary/aromatic N) is 3. The molecule has 158 valence electrons. The Morgan fingerprint density at radius 2 is 1.96 bits per heavy atom. The molecule has 11 heteroatoms. The molecule has 3 heterocycles. The van der Waals surface area contributed by atoms with Crippen molar-refractivity contribution in [2.45, 2.75) is 44.3 Å². The summed E-state index contributed by atoms with van der Waals surface area (Å²) < 4.78 is 23.1. The van der Waals surface area contributed by atoms with Crippen LogP contribution in [-0.4, -0.2) is 89.8 Å². The van der Waals surface area contributed by atoms with Crippen LogP contribution in [0.15, 0.2) is 12.3 Å². The molecule has 28 heavy (non-hydrogen) atoms. The number of piperidine rings is 1. The first-order valence-electron chi connectivity index (χ1n) is 9.37. The van der Waals surface area contributed by atoms with E-state index in [0.717, 1.165) is 44.5 Å². The van der Waals surface area contributed by atoms with Crippen molar-refractivity contribution in [3.05, 3.63) is 18.0 Å². The molecule has 10 nitrogen and oxygen atoms in total. The fraction of sp³-hybridized carbons (Fsp3) is 0.706. The zero-order valence-corrected chi connectivity index (χ0v) is 16.9. The summed E-state index contributed by atoms with van der Waals surface area (Å²) in [5, 5.41) is 16.7. The first-order chi connectivity index (χ1) is 13.3. The average Bonchev–Trinajstić information content (AvgIpc) is 3.16. The van der Waals surface area contributed by atoms with Crippen LogP contribution in [-0.2, 0) is 21.2 Å². The fourth-order valence-electron chi connectivity index (χ4n) is 3.64. The molecule has 0 spiro atoms. The number of hydrogen-bond donors (Lipinski definition) is 3. The predicted molar refractivity (Wildman–Crippen MR) is 104 cm³/mol. The highest BCUT2D eigenvalue weighted by atomic mass is 32.2. The molecule has 0 atom stereocenters. The summed E-state index contributed by atoms with van der Waals surface area (Å²) in [5.41, 5.74) is 0.903. The van der Waals surface area contributed by atoms with E-state index in [1.807, 2.05) is 6.07 Å². The number of aromatic nitrogens is 2. The van der Waals surface area contributed by atoms with Gasteiger partial charge in [0.05, 0.1) is 23.7 Å². The van der Waals surface area contributed by atoms with Gasteiger partial charge in [-0.1, -0.05) is 0 Å². The monoisotopic (exact) mass is 415 g/mol. The number of aromatic amines is 1. The van der Waals surface area contributed by atoms with E-state index in [1.54, 1.807) is 18.1 Å². The van der Waals surface area contributed by atoms with Crippen LogP contribution in [0.5, 0.6) is 0 Å². The maximum absolute atomic E-state index is 12.3. The number of nitrogens with one attached hydrogen (secondary N) is 2. The number of urea groups is 1. The van der Waals surface area contributed by atoms with E-state index in [9.17, 15) is 13.2 Å². The molecular formula is C17H29N5O5S. The summed E-state index contributed by atoms with van der Waals surface area (Å²) in [5.74, 6) is 0.624. The van der Waals surface area contributed by atoms with Crippen molar-refractivity contribution < 1.29 is 23.1 Å². The predicted octanol–water partition coefficient (Wildman–Crippen LogP) is 0.294. The van der Waals surface area contributed by atoms with E-state index in [-0.39, 0.29) is 18.5 Å². The maximum Gasteiger partial charge on any atom is 0.317 e. The Hall–Kier alpha value is -2.14. The second-order valence-corrected chi connectivity index (χ2v) is 9.49. The van der Waals surface area contributed by atoms with E-state index in [1.165, 1.54) is 0 Å². The summed E-state index contributed by atoms with van der Waals surface area (Å²) in [6.07, 6.45) is 4.98. The first kappa shape index (κ1) is 22.2. The van der Waals surface area contributed by atoms with Crippen molar-refractivity contribution in [1.29, 1.82) is 0 Å². The summed E-state index contributed by atoms with van der Waals surface area (Å²) >= 11 is 0. The van der Waals surface area contributed by atoms with Gasteiger partial charge < -0.3 is 20.2 Å². The van der Waals surface area contributed by atoms with Gasteiger partial charge in [-0.15, -0.1) is 0 Å². The van der Waals surface area contributed by atoms with Crippen molar-refractivity contribution in [1.82, 2.24) is 25.3 Å². The Labute approximate surface area is 165 Å². The molecule has 3 rings (SSSR count). The molecule has 2 amide bonds. The van der Waals surface area contributed by atoms with Crippen molar-refractivity contribution in [3.63, 3.8) is 0 Å². The molecule has 3 N–H and O–H groups in total. The second-order valence-electron chi connectivity index (χ2n) is 7.19. The number of amides is 2. The van der Waals surface area contributed by atoms with Crippen LogP contribution in [0, 0.1) is 0 Å². The van der Waals surface area contributed by atoms with Crippen LogP contribution in [0.4, 0.5) is 4.79 Å². The highest BCUT2D eigenvalue weighted by molar-refractivity contribution is 7.91. The van der Waals surface area contributed by atoms with Crippen molar-refractivity contribution >= 4 is 22.3 Å². The number of sulfone groups is 1. The summed E-state index contributed by atoms with van der Waals surface area (Å²) in [6.45, 7) is 2.08. The molecule has 2 fully saturated rings. The lowest BCUT2D eigenvalue weighted by atomic mass is 10.0. The minimum atomic E-state index is -2.81. The summed E-state index contributed by atoms with van der Waals surface area (Å²) in [4.78, 5) is 24.7. The van der Waals surface area contributed by atoms with Crippen LogP contribution >= 0.6 is 0 Å². The number of H-pyrrole nitrogens is 1. The average molecular weight is 416 g/mol. The van der Waals surface area contributed by atoms with E-state index in [4.69, 9.17) is 9.90 Å². The lowest BCUT2D eigenvalue weighted by Gasteiger charge is -2.39. The topological polar surface area (TPSA) is 136 Å². The molecule has 0 unspecified atom stereocenters. The smallest absolute Gasteiger partial charge is 0.317 e. The third kappa shape index (κ3) is 6.79. The third-order valence-corrected chi connectivity index (χ3v) is 6.93. The molecule has 2 aliphatic heterocycles. The maximum atomic E-state index is 12.3. The Morgan fingerprint density at radius 1 is 1.36 bits per heavy atom. The van der Waals surface area contributed by atoms with Gasteiger partial charge in [0.1, 0.15) is 9.84 Å². The molecule has 0 aromatic carbocycles. The van der Waals surface area contributed by atoms with Gasteiger partial charge in [0.25, 0.3) is 6.47 Å². The number of carbonyl (C=O) groups is 2. The molecule has 1 aromatic heterocycles. The molecule has 0 radical (unpaired) electrons. The number of rotatable bonds is 4. The minimum absolute atomic E-state index is 0.0724. The molecular weight excluding hydrogens is 386 g/mol. The molecule has 1 aromatic rings. The van der Waals surface area contributed by atoms with Gasteiger partial charge in [0, 0.05) is 38.4 Å². The lowest BCUT2D eigenvalue weighted by molar-refractivity contribution is -0.122. The highest BCUT2D eigenvalue weighted by Gasteiger charge is 2.31. The first-order valence-corrected chi connectivity index (χ1v) is 11.2. The van der Waals surface area contributed by atoms with Crippen molar-refractivity contribution in [2.24, 2.45) is 0 Å². The quantitative estimate of drug-likeness (QED) is 0.602. The van der Waals surface area contributed by atoms with Crippen LogP contribution in [0.1, 0.15) is 31.4 Å². The second kappa shape index (κ2) is 10.4. The minimum Gasteiger partial charge on any atom is -0.483 e. The van der Waals surface area contributed by atoms with Gasteiger partial charge in [-0.05, 0) is 31.7 Å². The Morgan fingerprint density at radius 3 is 2.50 bits per heavy atom. The van der Waals surface area contributed by atoms with Crippen LogP contribution in [0.25, 0.3) is 0 Å². The third-order valence-electron chi connectivity index (χ3n) is 5.21. The Bertz CT molecular complexity index is 702. The van der Waals surface area contributed by atoms with Gasteiger partial charge in [0.2, 0.25) is 0 Å². The lowest BCUT2D eigenvalue weighted by Crippen LogP contribution is -2.51. The molecule has 2 saturated heterocycles. The standard InChI is InChI=1S/C16H27N5O3S.CH2O2/c1-20(12-14-2-7-17-19-14)16(22)18-13-3-8-21(9-4-13)15-5-10-25(23,24)11-6-15;2-1-3/h2,7,13,15H,3-6,8-12H2,1H3,(H,17,19)(H,18,22);1H,(H,2,3). The largest absolute Gasteiger partial charge is 0.483 e. The fourth-order valence-corrected chi connectivity index (χ4v) is 5.10. The molecule has 2 aliphatic rings. The molecule has 0 bridgehead atoms. The van der Waals surface area contributed by atoms with E-state index >= 15 is 0 Å². The van der Waals surface area contributed by atoms with Gasteiger partial charge in [-0.3, -0.25) is 9.89 Å². The number of carboxylic acid groups (broad SMARTS) is 1. The summed E-state index contributed by atoms with van der Waals surface area (Å²) in [7, 11) is -1.04. The SMILES string of the molecule is CN(Cc1ccn[nH]1)C(=O)NC1CCN(C2CCS(=O)(=O)CC2)CC1.O=CO. The van der Waals surface area contributed by atoms with Crippen LogP contribution < -0.4 is 5.32 Å². The zero-order chi connectivity index (χ0) is 20.6. The normalized spacial score (nSPS) is 20.6. The molecule has 0 aliphatic carbocycles. The molecule has 0 saturated carbocycles. The highest BCUT2D eigenvalue weighted by Crippen LogP contribution is 2.22. The number of carbonyl (C=O) groups excluding carboxylic acids is 1. The zero-order valence-electron chi connectivity index (χ0n) is 16.1. The van der Waals surface area contributed by atoms with Crippen LogP contribution in [0.3, 0.4) is 0 Å². The van der Waals surface area contributed by atoms with E-state index < -0.39 is 9.84 Å². The van der Waals surface area contributed by atoms with Crippen molar-refractivity contribution in [2.75, 3.05) is 31.6 Å². The number of hydrogen-bond acceptors (Lipinski definition) is 6. The summed E-state index contributed by atoms with van der Waals surface area (Å²) in [6, 6.07) is 2.34. The van der Waals surface area contributed by atoms with Gasteiger partial charge in [-0.25, -0.2) is 13.2 Å². The van der Waals surface area contributed by atoms with E-state index in [2.05, 4.69) is 20.4 Å². The Kier molecular flexibility index (Phi) is 8.24. The van der Waals surface area contributed by atoms with Crippen LogP contribution in [0.2, 0.25) is 0 Å². The van der Waals surface area contributed by atoms with Crippen molar-refractivity contribution in [3.8, 4) is 0 Å². The van der Waals surface area contributed by atoms with Gasteiger partial charge >= 0.3 is 6.03 Å². The Balaban J connectivity index is 0.000000878. The van der Waals surface area contributed by atoms with Gasteiger partial charge in [-0.2, -0.15) is 5.10 Å². The van der Waals surface area contributed by atoms with Gasteiger partial charge in [0.15, 0.2) is 0 Å². The van der Waals surface area contributed by atoms with E-state index in [0.29, 0.717) is 24.1 Å². The number of likely N-dealkylation sites (tertiary alicyclic amines) is 1.